The highest BCUT2D eigenvalue weighted by Gasteiger charge is 2.22. The molecule has 0 atom stereocenters. The van der Waals surface area contributed by atoms with E-state index in [4.69, 9.17) is 9.47 Å². The number of hydrogen-bond acceptors (Lipinski definition) is 8. The summed E-state index contributed by atoms with van der Waals surface area (Å²) in [6.45, 7) is 2.84. The first-order valence-electron chi connectivity index (χ1n) is 14.5. The number of nitrogens with one attached hydrogen (secondary N) is 2. The van der Waals surface area contributed by atoms with E-state index in [9.17, 15) is 24.5 Å². The molecular formula is C34H31N5O7. The molecule has 46 heavy (non-hydrogen) atoms. The lowest BCUT2D eigenvalue weighted by molar-refractivity contribution is -0.384. The van der Waals surface area contributed by atoms with Crippen LogP contribution in [0.4, 0.5) is 17.1 Å². The zero-order valence-electron chi connectivity index (χ0n) is 25.2. The number of hydrogen-bond donors (Lipinski definition) is 2. The molecule has 1 aliphatic rings. The zero-order valence-corrected chi connectivity index (χ0v) is 25.2. The Kier molecular flexibility index (Phi) is 9.66. The molecule has 1 heterocycles. The molecule has 12 heteroatoms. The molecule has 0 aromatic heterocycles. The Bertz CT molecular complexity index is 1800. The summed E-state index contributed by atoms with van der Waals surface area (Å²) < 4.78 is 11.1. The second kappa shape index (κ2) is 14.2. The number of hydrazone groups is 1. The molecule has 2 N–H and O–H groups in total. The van der Waals surface area contributed by atoms with Crippen LogP contribution in [-0.2, 0) is 0 Å². The van der Waals surface area contributed by atoms with Gasteiger partial charge < -0.3 is 20.1 Å². The molecule has 0 spiro atoms. The summed E-state index contributed by atoms with van der Waals surface area (Å²) in [6.07, 6.45) is 1.44. The molecule has 4 aromatic rings. The predicted octanol–water partition coefficient (Wildman–Crippen LogP) is 6.15. The topological polar surface area (TPSA) is 152 Å². The fourth-order valence-corrected chi connectivity index (χ4v) is 4.84. The lowest BCUT2D eigenvalue weighted by Gasteiger charge is -2.24. The van der Waals surface area contributed by atoms with Gasteiger partial charge >= 0.3 is 0 Å². The standard InChI is InChI=1S/C34H31N5O7/c1-3-46-31-21-24(13-18-30(31)45-2)29-8-5-19-38(37-29)34(42)25-6-4-7-27(20-25)36-33(41)22-9-14-26(15-10-22)35-32(40)23-11-16-28(17-12-23)39(43)44/h4,6-7,9-18,20-21H,3,5,8,19H2,1-2H3,(H,35,40)(H,36,41). The number of amides is 3. The number of non-ortho nitro benzene ring substituents is 1. The van der Waals surface area contributed by atoms with Crippen molar-refractivity contribution in [2.24, 2.45) is 5.10 Å². The van der Waals surface area contributed by atoms with Crippen molar-refractivity contribution in [1.29, 1.82) is 0 Å². The number of ether oxygens (including phenoxy) is 2. The molecule has 5 rings (SSSR count). The summed E-state index contributed by atoms with van der Waals surface area (Å²) in [5.41, 5.74) is 3.34. The van der Waals surface area contributed by atoms with Crippen molar-refractivity contribution in [2.45, 2.75) is 19.8 Å². The summed E-state index contributed by atoms with van der Waals surface area (Å²) in [7, 11) is 1.58. The zero-order chi connectivity index (χ0) is 32.6. The summed E-state index contributed by atoms with van der Waals surface area (Å²) >= 11 is 0. The number of anilines is 2. The van der Waals surface area contributed by atoms with Gasteiger partial charge in [-0.25, -0.2) is 5.01 Å². The quantitative estimate of drug-likeness (QED) is 0.159. The third-order valence-electron chi connectivity index (χ3n) is 7.17. The summed E-state index contributed by atoms with van der Waals surface area (Å²) in [6, 6.07) is 23.7. The van der Waals surface area contributed by atoms with Gasteiger partial charge in [0.25, 0.3) is 23.4 Å². The van der Waals surface area contributed by atoms with Crippen LogP contribution >= 0.6 is 0 Å². The van der Waals surface area contributed by atoms with Gasteiger partial charge in [0.1, 0.15) is 0 Å². The van der Waals surface area contributed by atoms with Crippen molar-refractivity contribution in [3.05, 3.63) is 123 Å². The minimum Gasteiger partial charge on any atom is -0.493 e. The Balaban J connectivity index is 1.23. The maximum absolute atomic E-state index is 13.4. The van der Waals surface area contributed by atoms with Crippen molar-refractivity contribution < 1.29 is 28.8 Å². The average molecular weight is 622 g/mol. The Morgan fingerprint density at radius 2 is 1.52 bits per heavy atom. The highest BCUT2D eigenvalue weighted by atomic mass is 16.6. The largest absolute Gasteiger partial charge is 0.493 e. The number of carbonyl (C=O) groups is 3. The fourth-order valence-electron chi connectivity index (χ4n) is 4.84. The second-order valence-electron chi connectivity index (χ2n) is 10.2. The van der Waals surface area contributed by atoms with Crippen molar-refractivity contribution in [3.63, 3.8) is 0 Å². The van der Waals surface area contributed by atoms with Crippen LogP contribution in [0.15, 0.2) is 96.1 Å². The average Bonchev–Trinajstić information content (AvgIpc) is 3.08. The van der Waals surface area contributed by atoms with Gasteiger partial charge in [0.05, 0.1) is 24.4 Å². The van der Waals surface area contributed by atoms with Gasteiger partial charge in [-0.2, -0.15) is 5.10 Å². The van der Waals surface area contributed by atoms with E-state index in [1.54, 1.807) is 55.6 Å². The minimum atomic E-state index is -0.540. The summed E-state index contributed by atoms with van der Waals surface area (Å²) in [5.74, 6) is 0.0913. The van der Waals surface area contributed by atoms with Crippen LogP contribution in [0.1, 0.15) is 56.4 Å². The Labute approximate surface area is 264 Å². The SMILES string of the molecule is CCOc1cc(C2=NN(C(=O)c3cccc(NC(=O)c4ccc(NC(=O)c5ccc([N+](=O)[O-])cc5)cc4)c3)CCC2)ccc1OC. The van der Waals surface area contributed by atoms with E-state index in [1.807, 2.05) is 25.1 Å². The number of nitro groups is 1. The number of methoxy groups -OCH3 is 1. The van der Waals surface area contributed by atoms with E-state index in [1.165, 1.54) is 29.3 Å². The molecule has 4 aromatic carbocycles. The first kappa shape index (κ1) is 31.4. The molecule has 0 saturated heterocycles. The predicted molar refractivity (Wildman–Crippen MR) is 173 cm³/mol. The van der Waals surface area contributed by atoms with E-state index in [-0.39, 0.29) is 17.2 Å². The maximum atomic E-state index is 13.4. The molecule has 3 amide bonds. The lowest BCUT2D eigenvalue weighted by atomic mass is 10.0. The van der Waals surface area contributed by atoms with Crippen molar-refractivity contribution in [1.82, 2.24) is 5.01 Å². The van der Waals surface area contributed by atoms with Gasteiger partial charge in [-0.3, -0.25) is 24.5 Å². The van der Waals surface area contributed by atoms with Crippen LogP contribution < -0.4 is 20.1 Å². The maximum Gasteiger partial charge on any atom is 0.274 e. The number of benzene rings is 4. The summed E-state index contributed by atoms with van der Waals surface area (Å²) in [4.78, 5) is 49.2. The highest BCUT2D eigenvalue weighted by Crippen LogP contribution is 2.30. The molecule has 0 fully saturated rings. The van der Waals surface area contributed by atoms with Crippen LogP contribution in [0.25, 0.3) is 0 Å². The molecule has 234 valence electrons. The Morgan fingerprint density at radius 3 is 2.17 bits per heavy atom. The van der Waals surface area contributed by atoms with E-state index < -0.39 is 16.7 Å². The minimum absolute atomic E-state index is 0.114. The first-order chi connectivity index (χ1) is 22.2. The number of nitrogens with zero attached hydrogens (tertiary/aromatic N) is 3. The molecule has 1 aliphatic heterocycles. The van der Waals surface area contributed by atoms with Crippen LogP contribution in [0.5, 0.6) is 11.5 Å². The van der Waals surface area contributed by atoms with Gasteiger partial charge in [0.2, 0.25) is 0 Å². The molecule has 0 bridgehead atoms. The molecule has 12 nitrogen and oxygen atoms in total. The van der Waals surface area contributed by atoms with E-state index in [0.717, 1.165) is 17.7 Å². The van der Waals surface area contributed by atoms with E-state index in [2.05, 4.69) is 15.7 Å². The normalized spacial score (nSPS) is 12.5. The highest BCUT2D eigenvalue weighted by molar-refractivity contribution is 6.07. The smallest absolute Gasteiger partial charge is 0.274 e. The molecule has 0 aliphatic carbocycles. The van der Waals surface area contributed by atoms with Crippen LogP contribution in [0.2, 0.25) is 0 Å². The van der Waals surface area contributed by atoms with Crippen molar-refractivity contribution in [2.75, 3.05) is 30.9 Å². The lowest BCUT2D eigenvalue weighted by Crippen LogP contribution is -2.32. The molecule has 0 unspecified atom stereocenters. The first-order valence-corrected chi connectivity index (χ1v) is 14.5. The van der Waals surface area contributed by atoms with Crippen LogP contribution in [-0.4, -0.2) is 53.6 Å². The summed E-state index contributed by atoms with van der Waals surface area (Å²) in [5, 5.41) is 22.4. The van der Waals surface area contributed by atoms with E-state index in [0.29, 0.717) is 53.6 Å². The number of rotatable bonds is 10. The second-order valence-corrected chi connectivity index (χ2v) is 10.2. The third kappa shape index (κ3) is 7.36. The van der Waals surface area contributed by atoms with Gasteiger partial charge in [-0.1, -0.05) is 6.07 Å². The van der Waals surface area contributed by atoms with Crippen LogP contribution in [0, 0.1) is 10.1 Å². The van der Waals surface area contributed by atoms with Gasteiger partial charge in [0, 0.05) is 52.3 Å². The van der Waals surface area contributed by atoms with Gasteiger partial charge in [0.15, 0.2) is 11.5 Å². The molecular weight excluding hydrogens is 590 g/mol. The van der Waals surface area contributed by atoms with Gasteiger partial charge in [-0.15, -0.1) is 0 Å². The van der Waals surface area contributed by atoms with Crippen molar-refractivity contribution in [3.8, 4) is 11.5 Å². The molecule has 0 radical (unpaired) electrons. The number of carbonyl (C=O) groups excluding carboxylic acids is 3. The Hall–Kier alpha value is -6.04. The monoisotopic (exact) mass is 621 g/mol. The van der Waals surface area contributed by atoms with E-state index >= 15 is 0 Å². The van der Waals surface area contributed by atoms with Crippen molar-refractivity contribution >= 4 is 40.5 Å². The molecule has 0 saturated carbocycles. The van der Waals surface area contributed by atoms with Gasteiger partial charge in [-0.05, 0) is 92.6 Å². The third-order valence-corrected chi connectivity index (χ3v) is 7.17. The fraction of sp³-hybridized carbons (Fsp3) is 0.176. The Morgan fingerprint density at radius 1 is 0.848 bits per heavy atom. The number of nitro benzene ring substituents is 1. The van der Waals surface area contributed by atoms with Crippen LogP contribution in [0.3, 0.4) is 0 Å².